The van der Waals surface area contributed by atoms with Crippen LogP contribution in [0.15, 0.2) is 0 Å². The van der Waals surface area contributed by atoms with E-state index >= 15 is 0 Å². The highest BCUT2D eigenvalue weighted by molar-refractivity contribution is 5.74. The summed E-state index contributed by atoms with van der Waals surface area (Å²) in [6, 6.07) is 0. The summed E-state index contributed by atoms with van der Waals surface area (Å²) in [5, 5.41) is 0. The van der Waals surface area contributed by atoms with E-state index in [1.165, 1.54) is 51.4 Å². The molecule has 8 aliphatic rings. The summed E-state index contributed by atoms with van der Waals surface area (Å²) in [5.74, 6) is 5.99. The van der Waals surface area contributed by atoms with Crippen molar-refractivity contribution in [2.24, 2.45) is 65.1 Å². The highest BCUT2D eigenvalue weighted by atomic mass is 16.7. The van der Waals surface area contributed by atoms with Crippen LogP contribution in [0.4, 0.5) is 0 Å². The van der Waals surface area contributed by atoms with Crippen molar-refractivity contribution in [3.63, 3.8) is 0 Å². The Morgan fingerprint density at radius 1 is 0.853 bits per heavy atom. The lowest BCUT2D eigenvalue weighted by molar-refractivity contribution is -0.213. The molecule has 0 heterocycles. The molecule has 0 amide bonds. The molecule has 8 saturated carbocycles. The van der Waals surface area contributed by atoms with Crippen LogP contribution in [-0.2, 0) is 23.8 Å². The molecule has 34 heavy (non-hydrogen) atoms. The molecule has 0 aromatic heterocycles. The van der Waals surface area contributed by atoms with Crippen molar-refractivity contribution >= 4 is 11.9 Å². The van der Waals surface area contributed by atoms with Gasteiger partial charge >= 0.3 is 11.9 Å². The molecule has 0 saturated heterocycles. The Kier molecular flexibility index (Phi) is 5.17. The van der Waals surface area contributed by atoms with Gasteiger partial charge in [0.2, 0.25) is 0 Å². The van der Waals surface area contributed by atoms with Crippen LogP contribution in [0.5, 0.6) is 0 Å². The molecule has 9 unspecified atom stereocenters. The third-order valence-electron chi connectivity index (χ3n) is 11.9. The zero-order chi connectivity index (χ0) is 23.2. The van der Waals surface area contributed by atoms with E-state index in [2.05, 4.69) is 0 Å². The molecular formula is C29H42O5. The molecule has 0 aromatic carbocycles. The van der Waals surface area contributed by atoms with E-state index in [9.17, 15) is 9.59 Å². The predicted molar refractivity (Wildman–Crippen MR) is 125 cm³/mol. The molecule has 8 bridgehead atoms. The summed E-state index contributed by atoms with van der Waals surface area (Å²) in [4.78, 5) is 25.7. The second kappa shape index (κ2) is 7.95. The highest BCUT2D eigenvalue weighted by Gasteiger charge is 2.66. The Bertz CT molecular complexity index is 816. The summed E-state index contributed by atoms with van der Waals surface area (Å²) in [6.45, 7) is 4.16. The first kappa shape index (κ1) is 22.1. The normalized spacial score (nSPS) is 52.1. The fourth-order valence-corrected chi connectivity index (χ4v) is 10.9. The Morgan fingerprint density at radius 2 is 1.50 bits per heavy atom. The average molecular weight is 471 g/mol. The number of rotatable bonds is 7. The van der Waals surface area contributed by atoms with Crippen LogP contribution < -0.4 is 0 Å². The van der Waals surface area contributed by atoms with Gasteiger partial charge in [0.05, 0.1) is 17.4 Å². The SMILES string of the molecule is CCC(C)C(=O)OC1CC2CC1C1C3CC(CC3C(=O)OCOC34CC5CC(CC(C5)C3)C4)C21. The first-order valence-corrected chi connectivity index (χ1v) is 14.4. The van der Waals surface area contributed by atoms with Gasteiger partial charge in [0, 0.05) is 0 Å². The molecule has 5 nitrogen and oxygen atoms in total. The Morgan fingerprint density at radius 3 is 2.18 bits per heavy atom. The second-order valence-corrected chi connectivity index (χ2v) is 13.7. The van der Waals surface area contributed by atoms with Gasteiger partial charge in [-0.25, -0.2) is 0 Å². The summed E-state index contributed by atoms with van der Waals surface area (Å²) in [5.41, 5.74) is -0.00780. The summed E-state index contributed by atoms with van der Waals surface area (Å²) >= 11 is 0. The number of esters is 2. The van der Waals surface area contributed by atoms with Gasteiger partial charge in [0.1, 0.15) is 6.10 Å². The number of carbonyl (C=O) groups is 2. The van der Waals surface area contributed by atoms with Crippen molar-refractivity contribution in [2.75, 3.05) is 6.79 Å². The van der Waals surface area contributed by atoms with Crippen molar-refractivity contribution in [3.05, 3.63) is 0 Å². The third kappa shape index (κ3) is 3.34. The topological polar surface area (TPSA) is 61.8 Å². The summed E-state index contributed by atoms with van der Waals surface area (Å²) < 4.78 is 18.2. The molecule has 8 aliphatic carbocycles. The Hall–Kier alpha value is -1.10. The van der Waals surface area contributed by atoms with Gasteiger partial charge < -0.3 is 14.2 Å². The monoisotopic (exact) mass is 470 g/mol. The molecule has 8 fully saturated rings. The molecule has 188 valence electrons. The number of carbonyl (C=O) groups excluding carboxylic acids is 2. The van der Waals surface area contributed by atoms with E-state index in [0.717, 1.165) is 42.9 Å². The standard InChI is InChI=1S/C29H42O5/c1-3-15(2)27(30)34-24-10-20-9-23(24)26-21-7-19(25(20)26)8-22(21)28(31)32-14-33-29-11-16-4-17(12-29)6-18(5-16)13-29/h15-26H,3-14H2,1-2H3. The fourth-order valence-electron chi connectivity index (χ4n) is 10.9. The van der Waals surface area contributed by atoms with E-state index in [4.69, 9.17) is 14.2 Å². The Labute approximate surface area is 204 Å². The first-order valence-electron chi connectivity index (χ1n) is 14.4. The van der Waals surface area contributed by atoms with Gasteiger partial charge in [-0.1, -0.05) is 13.8 Å². The molecule has 5 heteroatoms. The lowest BCUT2D eigenvalue weighted by Crippen LogP contribution is -2.52. The minimum atomic E-state index is -0.0301. The van der Waals surface area contributed by atoms with E-state index in [-0.39, 0.29) is 42.3 Å². The molecular weight excluding hydrogens is 428 g/mol. The van der Waals surface area contributed by atoms with Crippen LogP contribution in [0.1, 0.15) is 84.5 Å². The van der Waals surface area contributed by atoms with Gasteiger partial charge in [-0.2, -0.15) is 0 Å². The predicted octanol–water partition coefficient (Wildman–Crippen LogP) is 5.36. The molecule has 0 aliphatic heterocycles. The van der Waals surface area contributed by atoms with Crippen LogP contribution in [0, 0.1) is 65.1 Å². The number of hydrogen-bond donors (Lipinski definition) is 0. The average Bonchev–Trinajstić information content (AvgIpc) is 3.56. The van der Waals surface area contributed by atoms with Gasteiger partial charge in [-0.3, -0.25) is 9.59 Å². The smallest absolute Gasteiger partial charge is 0.311 e. The van der Waals surface area contributed by atoms with Crippen LogP contribution in [0.2, 0.25) is 0 Å². The molecule has 0 radical (unpaired) electrons. The quantitative estimate of drug-likeness (QED) is 0.285. The van der Waals surface area contributed by atoms with Crippen molar-refractivity contribution in [2.45, 2.75) is 96.2 Å². The largest absolute Gasteiger partial charge is 0.462 e. The minimum absolute atomic E-state index is 0.00780. The maximum absolute atomic E-state index is 13.2. The lowest BCUT2D eigenvalue weighted by atomic mass is 9.54. The molecule has 0 aromatic rings. The van der Waals surface area contributed by atoms with Crippen LogP contribution in [0.3, 0.4) is 0 Å². The van der Waals surface area contributed by atoms with Crippen molar-refractivity contribution in [1.29, 1.82) is 0 Å². The van der Waals surface area contributed by atoms with Crippen molar-refractivity contribution in [3.8, 4) is 0 Å². The summed E-state index contributed by atoms with van der Waals surface area (Å²) in [6.07, 6.45) is 13.0. The maximum Gasteiger partial charge on any atom is 0.311 e. The molecule has 0 N–H and O–H groups in total. The molecule has 9 atom stereocenters. The van der Waals surface area contributed by atoms with Crippen LogP contribution >= 0.6 is 0 Å². The van der Waals surface area contributed by atoms with E-state index < -0.39 is 0 Å². The third-order valence-corrected chi connectivity index (χ3v) is 11.9. The fraction of sp³-hybridized carbons (Fsp3) is 0.931. The van der Waals surface area contributed by atoms with E-state index in [1.807, 2.05) is 13.8 Å². The first-order chi connectivity index (χ1) is 16.4. The number of fused-ring (bicyclic) bond motifs is 9. The number of hydrogen-bond acceptors (Lipinski definition) is 5. The van der Waals surface area contributed by atoms with Gasteiger partial charge in [0.15, 0.2) is 6.79 Å². The van der Waals surface area contributed by atoms with Crippen LogP contribution in [-0.4, -0.2) is 30.4 Å². The van der Waals surface area contributed by atoms with Gasteiger partial charge in [-0.15, -0.1) is 0 Å². The van der Waals surface area contributed by atoms with Crippen molar-refractivity contribution < 1.29 is 23.8 Å². The van der Waals surface area contributed by atoms with E-state index in [0.29, 0.717) is 29.6 Å². The maximum atomic E-state index is 13.2. The van der Waals surface area contributed by atoms with Gasteiger partial charge in [0.25, 0.3) is 0 Å². The van der Waals surface area contributed by atoms with Gasteiger partial charge in [-0.05, 0) is 124 Å². The van der Waals surface area contributed by atoms with E-state index in [1.54, 1.807) is 0 Å². The highest BCUT2D eigenvalue weighted by Crippen LogP contribution is 2.69. The van der Waals surface area contributed by atoms with Crippen LogP contribution in [0.25, 0.3) is 0 Å². The zero-order valence-electron chi connectivity index (χ0n) is 21.0. The van der Waals surface area contributed by atoms with Crippen molar-refractivity contribution in [1.82, 2.24) is 0 Å². The molecule has 8 rings (SSSR count). The lowest BCUT2D eigenvalue weighted by Gasteiger charge is -2.56. The molecule has 0 spiro atoms. The summed E-state index contributed by atoms with van der Waals surface area (Å²) in [7, 11) is 0. The Balaban J connectivity index is 0.963. The second-order valence-electron chi connectivity index (χ2n) is 13.7. The minimum Gasteiger partial charge on any atom is -0.462 e. The zero-order valence-corrected chi connectivity index (χ0v) is 21.0. The number of ether oxygens (including phenoxy) is 3.